The van der Waals surface area contributed by atoms with Crippen LogP contribution in [0.25, 0.3) is 0 Å². The topological polar surface area (TPSA) is 62.4 Å². The van der Waals surface area contributed by atoms with Crippen LogP contribution < -0.4 is 20.7 Å². The van der Waals surface area contributed by atoms with Gasteiger partial charge in [0.1, 0.15) is 18.2 Å². The molecule has 30 heavy (non-hydrogen) atoms. The summed E-state index contributed by atoms with van der Waals surface area (Å²) in [4.78, 5) is 12.6. The van der Waals surface area contributed by atoms with Gasteiger partial charge in [0.25, 0.3) is 5.91 Å². The highest BCUT2D eigenvalue weighted by Crippen LogP contribution is 2.33. The standard InChI is InChI=1S/C24H24FN3O2/c1-24(15-27-20-5-3-2-4-6-20)16-30-22-12-9-18(13-21(22)28-24)23(29)26-14-17-7-10-19(25)11-8-17/h2-13,27-28H,14-16H2,1H3,(H,26,29). The Morgan fingerprint density at radius 2 is 1.87 bits per heavy atom. The number of rotatable bonds is 6. The van der Waals surface area contributed by atoms with Gasteiger partial charge in [0.15, 0.2) is 0 Å². The number of nitrogens with one attached hydrogen (secondary N) is 3. The molecule has 1 heterocycles. The molecule has 0 aromatic heterocycles. The lowest BCUT2D eigenvalue weighted by Gasteiger charge is -2.37. The number of halogens is 1. The molecule has 154 valence electrons. The second-order valence-electron chi connectivity index (χ2n) is 7.71. The van der Waals surface area contributed by atoms with E-state index in [9.17, 15) is 9.18 Å². The minimum absolute atomic E-state index is 0.196. The maximum Gasteiger partial charge on any atom is 0.251 e. The first-order valence-corrected chi connectivity index (χ1v) is 9.87. The van der Waals surface area contributed by atoms with Gasteiger partial charge in [-0.2, -0.15) is 0 Å². The van der Waals surface area contributed by atoms with Gasteiger partial charge in [0.2, 0.25) is 0 Å². The van der Waals surface area contributed by atoms with Gasteiger partial charge in [-0.15, -0.1) is 0 Å². The van der Waals surface area contributed by atoms with Gasteiger partial charge in [-0.1, -0.05) is 30.3 Å². The molecule has 3 aromatic carbocycles. The first kappa shape index (κ1) is 19.8. The van der Waals surface area contributed by atoms with Crippen molar-refractivity contribution in [3.63, 3.8) is 0 Å². The van der Waals surface area contributed by atoms with Crippen molar-refractivity contribution in [2.75, 3.05) is 23.8 Å². The third kappa shape index (κ3) is 4.71. The molecular formula is C24H24FN3O2. The summed E-state index contributed by atoms with van der Waals surface area (Å²) < 4.78 is 18.9. The van der Waals surface area contributed by atoms with Crippen LogP contribution in [0.3, 0.4) is 0 Å². The molecule has 0 saturated heterocycles. The Balaban J connectivity index is 1.40. The molecule has 0 saturated carbocycles. The predicted molar refractivity (Wildman–Crippen MR) is 116 cm³/mol. The number of para-hydroxylation sites is 1. The number of benzene rings is 3. The zero-order valence-electron chi connectivity index (χ0n) is 16.7. The third-order valence-electron chi connectivity index (χ3n) is 5.05. The van der Waals surface area contributed by atoms with E-state index in [1.165, 1.54) is 12.1 Å². The lowest BCUT2D eigenvalue weighted by atomic mass is 10.00. The molecular weight excluding hydrogens is 381 g/mol. The van der Waals surface area contributed by atoms with Crippen LogP contribution in [0, 0.1) is 5.82 Å². The van der Waals surface area contributed by atoms with Crippen LogP contribution in [0.1, 0.15) is 22.8 Å². The molecule has 1 unspecified atom stereocenters. The van der Waals surface area contributed by atoms with Gasteiger partial charge in [-0.3, -0.25) is 4.79 Å². The molecule has 0 aliphatic carbocycles. The van der Waals surface area contributed by atoms with E-state index in [0.717, 1.165) is 22.7 Å². The van der Waals surface area contributed by atoms with Crippen LogP contribution in [0.5, 0.6) is 5.75 Å². The Kier molecular flexibility index (Phi) is 5.57. The van der Waals surface area contributed by atoms with Crippen LogP contribution in [0.2, 0.25) is 0 Å². The Morgan fingerprint density at radius 1 is 1.10 bits per heavy atom. The summed E-state index contributed by atoms with van der Waals surface area (Å²) in [5.41, 5.74) is 2.87. The number of anilines is 2. The van der Waals surface area contributed by atoms with E-state index >= 15 is 0 Å². The molecule has 3 aromatic rings. The van der Waals surface area contributed by atoms with E-state index in [2.05, 4.69) is 22.9 Å². The zero-order valence-corrected chi connectivity index (χ0v) is 16.7. The van der Waals surface area contributed by atoms with E-state index in [-0.39, 0.29) is 17.3 Å². The predicted octanol–water partition coefficient (Wildman–Crippen LogP) is 4.43. The van der Waals surface area contributed by atoms with Gasteiger partial charge in [0, 0.05) is 24.3 Å². The van der Waals surface area contributed by atoms with E-state index in [1.807, 2.05) is 30.3 Å². The third-order valence-corrected chi connectivity index (χ3v) is 5.05. The van der Waals surface area contributed by atoms with Crippen LogP contribution in [-0.2, 0) is 6.54 Å². The smallest absolute Gasteiger partial charge is 0.251 e. The van der Waals surface area contributed by atoms with Crippen molar-refractivity contribution < 1.29 is 13.9 Å². The SMILES string of the molecule is CC1(CNc2ccccc2)COc2ccc(C(=O)NCc3ccc(F)cc3)cc2N1. The monoisotopic (exact) mass is 405 g/mol. The number of carbonyl (C=O) groups is 1. The Hall–Kier alpha value is -3.54. The lowest BCUT2D eigenvalue weighted by Crippen LogP contribution is -2.49. The molecule has 0 bridgehead atoms. The molecule has 5 nitrogen and oxygen atoms in total. The first-order chi connectivity index (χ1) is 14.5. The van der Waals surface area contributed by atoms with Crippen molar-refractivity contribution in [1.29, 1.82) is 0 Å². The van der Waals surface area contributed by atoms with Crippen LogP contribution >= 0.6 is 0 Å². The summed E-state index contributed by atoms with van der Waals surface area (Å²) >= 11 is 0. The second kappa shape index (κ2) is 8.45. The highest BCUT2D eigenvalue weighted by molar-refractivity contribution is 5.95. The van der Waals surface area contributed by atoms with E-state index in [4.69, 9.17) is 4.74 Å². The Bertz CT molecular complexity index is 1020. The van der Waals surface area contributed by atoms with Gasteiger partial charge >= 0.3 is 0 Å². The fourth-order valence-electron chi connectivity index (χ4n) is 3.33. The van der Waals surface area contributed by atoms with Crippen LogP contribution in [0.15, 0.2) is 72.8 Å². The largest absolute Gasteiger partial charge is 0.489 e. The maximum atomic E-state index is 13.0. The molecule has 3 N–H and O–H groups in total. The summed E-state index contributed by atoms with van der Waals surface area (Å²) in [5, 5.41) is 9.79. The molecule has 0 fully saturated rings. The van der Waals surface area contributed by atoms with Gasteiger partial charge in [-0.05, 0) is 55.0 Å². The second-order valence-corrected chi connectivity index (χ2v) is 7.71. The fraction of sp³-hybridized carbons (Fsp3) is 0.208. The van der Waals surface area contributed by atoms with Crippen molar-refractivity contribution in [2.24, 2.45) is 0 Å². The van der Waals surface area contributed by atoms with E-state index < -0.39 is 0 Å². The minimum atomic E-state index is -0.327. The van der Waals surface area contributed by atoms with Crippen molar-refractivity contribution in [1.82, 2.24) is 5.32 Å². The van der Waals surface area contributed by atoms with E-state index in [0.29, 0.717) is 25.3 Å². The number of hydrogen-bond acceptors (Lipinski definition) is 4. The molecule has 1 amide bonds. The van der Waals surface area contributed by atoms with Gasteiger partial charge < -0.3 is 20.7 Å². The Morgan fingerprint density at radius 3 is 2.63 bits per heavy atom. The zero-order chi connectivity index (χ0) is 21.0. The van der Waals surface area contributed by atoms with Crippen LogP contribution in [-0.4, -0.2) is 24.6 Å². The molecule has 0 spiro atoms. The molecule has 4 rings (SSSR count). The van der Waals surface area contributed by atoms with Crippen molar-refractivity contribution in [3.8, 4) is 5.75 Å². The fourth-order valence-corrected chi connectivity index (χ4v) is 3.33. The highest BCUT2D eigenvalue weighted by atomic mass is 19.1. The number of carbonyl (C=O) groups excluding carboxylic acids is 1. The summed E-state index contributed by atoms with van der Waals surface area (Å²) in [6, 6.07) is 21.4. The van der Waals surface area contributed by atoms with Gasteiger partial charge in [-0.25, -0.2) is 4.39 Å². The summed E-state index contributed by atoms with van der Waals surface area (Å²) in [5.74, 6) is 0.233. The summed E-state index contributed by atoms with van der Waals surface area (Å²) in [6.07, 6.45) is 0. The summed E-state index contributed by atoms with van der Waals surface area (Å²) in [7, 11) is 0. The summed E-state index contributed by atoms with van der Waals surface area (Å²) in [6.45, 7) is 3.58. The number of amides is 1. The molecule has 1 aliphatic rings. The quantitative estimate of drug-likeness (QED) is 0.568. The average Bonchev–Trinajstić information content (AvgIpc) is 2.77. The maximum absolute atomic E-state index is 13.0. The molecule has 6 heteroatoms. The minimum Gasteiger partial charge on any atom is -0.489 e. The number of fused-ring (bicyclic) bond motifs is 1. The normalized spacial score (nSPS) is 17.3. The number of ether oxygens (including phenoxy) is 1. The van der Waals surface area contributed by atoms with Crippen molar-refractivity contribution >= 4 is 17.3 Å². The molecule has 1 aliphatic heterocycles. The molecule has 0 radical (unpaired) electrons. The van der Waals surface area contributed by atoms with Crippen molar-refractivity contribution in [3.05, 3.63) is 89.7 Å². The average molecular weight is 405 g/mol. The van der Waals surface area contributed by atoms with E-state index in [1.54, 1.807) is 30.3 Å². The van der Waals surface area contributed by atoms with Crippen LogP contribution in [0.4, 0.5) is 15.8 Å². The number of hydrogen-bond donors (Lipinski definition) is 3. The van der Waals surface area contributed by atoms with Crippen molar-refractivity contribution in [2.45, 2.75) is 19.0 Å². The molecule has 1 atom stereocenters. The lowest BCUT2D eigenvalue weighted by molar-refractivity contribution is 0.0951. The first-order valence-electron chi connectivity index (χ1n) is 9.87. The Labute approximate surface area is 175 Å². The van der Waals surface area contributed by atoms with Gasteiger partial charge in [0.05, 0.1) is 11.2 Å². The highest BCUT2D eigenvalue weighted by Gasteiger charge is 2.31.